The maximum absolute atomic E-state index is 12.2. The van der Waals surface area contributed by atoms with Gasteiger partial charge in [-0.2, -0.15) is 5.10 Å². The van der Waals surface area contributed by atoms with E-state index in [0.717, 1.165) is 6.42 Å². The van der Waals surface area contributed by atoms with Crippen LogP contribution in [0.5, 0.6) is 5.75 Å². The molecule has 122 valence electrons. The van der Waals surface area contributed by atoms with Crippen LogP contribution in [0, 0.1) is 0 Å². The molecule has 1 aromatic heterocycles. The number of nitrogens with zero attached hydrogens (tertiary/aromatic N) is 3. The lowest BCUT2D eigenvalue weighted by Gasteiger charge is -2.17. The van der Waals surface area contributed by atoms with E-state index in [9.17, 15) is 4.79 Å². The third-order valence-corrected chi connectivity index (χ3v) is 4.31. The highest BCUT2D eigenvalue weighted by molar-refractivity contribution is 6.42. The molecule has 1 fully saturated rings. The zero-order valence-corrected chi connectivity index (χ0v) is 14.0. The van der Waals surface area contributed by atoms with Crippen LogP contribution in [0.4, 0.5) is 10.6 Å². The largest absolute Gasteiger partial charge is 0.488 e. The summed E-state index contributed by atoms with van der Waals surface area (Å²) in [6.07, 6.45) is 2.47. The van der Waals surface area contributed by atoms with Crippen LogP contribution in [0.25, 0.3) is 0 Å². The summed E-state index contributed by atoms with van der Waals surface area (Å²) in [4.78, 5) is 13.9. The number of nitrogens with one attached hydrogen (secondary N) is 1. The van der Waals surface area contributed by atoms with E-state index in [1.54, 1.807) is 47.1 Å². The van der Waals surface area contributed by atoms with Crippen LogP contribution in [-0.4, -0.2) is 39.9 Å². The summed E-state index contributed by atoms with van der Waals surface area (Å²) >= 11 is 11.9. The average molecular weight is 355 g/mol. The minimum absolute atomic E-state index is 0.0678. The Morgan fingerprint density at radius 3 is 2.87 bits per heavy atom. The number of urea groups is 1. The minimum atomic E-state index is -0.177. The van der Waals surface area contributed by atoms with Crippen molar-refractivity contribution in [2.45, 2.75) is 12.5 Å². The smallest absolute Gasteiger partial charge is 0.323 e. The first-order chi connectivity index (χ1) is 11.0. The molecule has 1 atom stereocenters. The Labute approximate surface area is 143 Å². The first-order valence-electron chi connectivity index (χ1n) is 7.18. The van der Waals surface area contributed by atoms with Crippen LogP contribution in [-0.2, 0) is 7.05 Å². The van der Waals surface area contributed by atoms with Gasteiger partial charge in [-0.25, -0.2) is 4.79 Å². The van der Waals surface area contributed by atoms with Crippen LogP contribution >= 0.6 is 23.2 Å². The number of hydrogen-bond donors (Lipinski definition) is 1. The fourth-order valence-electron chi connectivity index (χ4n) is 2.42. The van der Waals surface area contributed by atoms with Gasteiger partial charge < -0.3 is 9.64 Å². The molecule has 1 aliphatic heterocycles. The second-order valence-electron chi connectivity index (χ2n) is 5.36. The SMILES string of the molecule is Cn1ccc(NC(=O)N2CC[C@H](Oc3ccc(Cl)c(Cl)c3)C2)n1. The number of rotatable bonds is 3. The lowest BCUT2D eigenvalue weighted by molar-refractivity contribution is 0.195. The topological polar surface area (TPSA) is 59.4 Å². The summed E-state index contributed by atoms with van der Waals surface area (Å²) in [7, 11) is 1.80. The monoisotopic (exact) mass is 354 g/mol. The number of benzene rings is 1. The lowest BCUT2D eigenvalue weighted by atomic mass is 10.3. The number of ether oxygens (including phenoxy) is 1. The Bertz CT molecular complexity index is 719. The molecule has 1 saturated heterocycles. The molecular formula is C15H16Cl2N4O2. The third kappa shape index (κ3) is 3.89. The molecule has 1 aromatic carbocycles. The van der Waals surface area contributed by atoms with Gasteiger partial charge in [0.05, 0.1) is 16.6 Å². The van der Waals surface area contributed by atoms with E-state index in [1.165, 1.54) is 0 Å². The van der Waals surface area contributed by atoms with E-state index in [-0.39, 0.29) is 12.1 Å². The van der Waals surface area contributed by atoms with E-state index in [2.05, 4.69) is 10.4 Å². The quantitative estimate of drug-likeness (QED) is 0.918. The standard InChI is InChI=1S/C15H16Cl2N4O2/c1-20-6-5-14(19-20)18-15(22)21-7-4-11(9-21)23-10-2-3-12(16)13(17)8-10/h2-3,5-6,8,11H,4,7,9H2,1H3,(H,18,19,22)/t11-/m0/s1. The summed E-state index contributed by atoms with van der Waals surface area (Å²) in [5.41, 5.74) is 0. The molecule has 0 aliphatic carbocycles. The first kappa shape index (κ1) is 16.0. The van der Waals surface area contributed by atoms with E-state index >= 15 is 0 Å². The molecule has 0 saturated carbocycles. The molecular weight excluding hydrogens is 339 g/mol. The average Bonchev–Trinajstić information content (AvgIpc) is 3.12. The van der Waals surface area contributed by atoms with Crippen molar-refractivity contribution in [1.82, 2.24) is 14.7 Å². The van der Waals surface area contributed by atoms with Crippen molar-refractivity contribution in [1.29, 1.82) is 0 Å². The molecule has 2 aromatic rings. The molecule has 2 amide bonds. The molecule has 0 spiro atoms. The van der Waals surface area contributed by atoms with Crippen molar-refractivity contribution in [2.24, 2.45) is 7.05 Å². The van der Waals surface area contributed by atoms with Crippen molar-refractivity contribution < 1.29 is 9.53 Å². The highest BCUT2D eigenvalue weighted by Gasteiger charge is 2.28. The van der Waals surface area contributed by atoms with Crippen LogP contribution < -0.4 is 10.1 Å². The van der Waals surface area contributed by atoms with Crippen molar-refractivity contribution in [3.8, 4) is 5.75 Å². The van der Waals surface area contributed by atoms with Gasteiger partial charge in [0, 0.05) is 38.3 Å². The molecule has 0 bridgehead atoms. The zero-order valence-electron chi connectivity index (χ0n) is 12.5. The van der Waals surface area contributed by atoms with Crippen molar-refractivity contribution in [2.75, 3.05) is 18.4 Å². The molecule has 6 nitrogen and oxygen atoms in total. The predicted octanol–water partition coefficient (Wildman–Crippen LogP) is 3.41. The lowest BCUT2D eigenvalue weighted by Crippen LogP contribution is -2.34. The summed E-state index contributed by atoms with van der Waals surface area (Å²) in [5, 5.41) is 7.83. The van der Waals surface area contributed by atoms with Crippen molar-refractivity contribution in [3.05, 3.63) is 40.5 Å². The Morgan fingerprint density at radius 2 is 2.17 bits per heavy atom. The number of anilines is 1. The number of amides is 2. The van der Waals surface area contributed by atoms with Gasteiger partial charge in [-0.3, -0.25) is 10.00 Å². The van der Waals surface area contributed by atoms with Gasteiger partial charge in [0.15, 0.2) is 5.82 Å². The van der Waals surface area contributed by atoms with Gasteiger partial charge in [-0.15, -0.1) is 0 Å². The highest BCUT2D eigenvalue weighted by atomic mass is 35.5. The predicted molar refractivity (Wildman–Crippen MR) is 89.3 cm³/mol. The number of aryl methyl sites for hydroxylation is 1. The maximum Gasteiger partial charge on any atom is 0.323 e. The van der Waals surface area contributed by atoms with Gasteiger partial charge in [-0.1, -0.05) is 23.2 Å². The van der Waals surface area contributed by atoms with Gasteiger partial charge in [0.2, 0.25) is 0 Å². The second-order valence-corrected chi connectivity index (χ2v) is 6.17. The number of carbonyl (C=O) groups is 1. The number of halogens is 2. The Morgan fingerprint density at radius 1 is 1.35 bits per heavy atom. The van der Waals surface area contributed by atoms with Gasteiger partial charge in [0.25, 0.3) is 0 Å². The second kappa shape index (κ2) is 6.68. The van der Waals surface area contributed by atoms with Crippen molar-refractivity contribution in [3.63, 3.8) is 0 Å². The molecule has 3 rings (SSSR count). The first-order valence-corrected chi connectivity index (χ1v) is 7.94. The molecule has 1 aliphatic rings. The van der Waals surface area contributed by atoms with Crippen molar-refractivity contribution >= 4 is 35.1 Å². The number of carbonyl (C=O) groups excluding carboxylic acids is 1. The van der Waals surface area contributed by atoms with E-state index < -0.39 is 0 Å². The molecule has 1 N–H and O–H groups in total. The molecule has 2 heterocycles. The minimum Gasteiger partial charge on any atom is -0.488 e. The normalized spacial score (nSPS) is 17.3. The molecule has 0 unspecified atom stereocenters. The fraction of sp³-hybridized carbons (Fsp3) is 0.333. The number of likely N-dealkylation sites (tertiary alicyclic amines) is 1. The van der Waals surface area contributed by atoms with Crippen LogP contribution in [0.3, 0.4) is 0 Å². The van der Waals surface area contributed by atoms with E-state index in [1.807, 2.05) is 0 Å². The Balaban J connectivity index is 1.55. The maximum atomic E-state index is 12.2. The molecule has 8 heteroatoms. The van der Waals surface area contributed by atoms with Gasteiger partial charge in [-0.05, 0) is 12.1 Å². The number of hydrogen-bond acceptors (Lipinski definition) is 3. The highest BCUT2D eigenvalue weighted by Crippen LogP contribution is 2.28. The number of aromatic nitrogens is 2. The van der Waals surface area contributed by atoms with Crippen LogP contribution in [0.2, 0.25) is 10.0 Å². The molecule has 23 heavy (non-hydrogen) atoms. The fourth-order valence-corrected chi connectivity index (χ4v) is 2.71. The summed E-state index contributed by atoms with van der Waals surface area (Å²) in [5.74, 6) is 1.18. The summed E-state index contributed by atoms with van der Waals surface area (Å²) in [6.45, 7) is 1.14. The third-order valence-electron chi connectivity index (χ3n) is 3.57. The summed E-state index contributed by atoms with van der Waals surface area (Å²) < 4.78 is 7.50. The van der Waals surface area contributed by atoms with Gasteiger partial charge in [0.1, 0.15) is 11.9 Å². The van der Waals surface area contributed by atoms with E-state index in [0.29, 0.717) is 34.7 Å². The van der Waals surface area contributed by atoms with Gasteiger partial charge >= 0.3 is 6.03 Å². The molecule has 0 radical (unpaired) electrons. The zero-order chi connectivity index (χ0) is 16.4. The van der Waals surface area contributed by atoms with Crippen LogP contribution in [0.1, 0.15) is 6.42 Å². The Kier molecular flexibility index (Phi) is 4.63. The van der Waals surface area contributed by atoms with Crippen LogP contribution in [0.15, 0.2) is 30.5 Å². The Hall–Kier alpha value is -1.92. The van der Waals surface area contributed by atoms with E-state index in [4.69, 9.17) is 27.9 Å². The summed E-state index contributed by atoms with van der Waals surface area (Å²) in [6, 6.07) is 6.71.